The van der Waals surface area contributed by atoms with Crippen molar-refractivity contribution in [2.75, 3.05) is 11.9 Å². The number of carbonyl (C=O) groups is 3. The van der Waals surface area contributed by atoms with Crippen molar-refractivity contribution in [1.29, 1.82) is 0 Å². The summed E-state index contributed by atoms with van der Waals surface area (Å²) in [7, 11) is 0. The Hall–Kier alpha value is -2.63. The number of rotatable bonds is 8. The highest BCUT2D eigenvalue weighted by Gasteiger charge is 2.43. The summed E-state index contributed by atoms with van der Waals surface area (Å²) in [5, 5.41) is 14.9. The number of nitrogens with one attached hydrogen (secondary N) is 2. The molecule has 6 nitrogen and oxygen atoms in total. The lowest BCUT2D eigenvalue weighted by atomic mass is 9.67. The van der Waals surface area contributed by atoms with Crippen LogP contribution in [0.2, 0.25) is 0 Å². The first-order valence-electron chi connectivity index (χ1n) is 9.39. The first-order valence-corrected chi connectivity index (χ1v) is 9.39. The molecule has 146 valence electrons. The molecular formula is C21H28N2O4. The van der Waals surface area contributed by atoms with Crippen LogP contribution in [0.5, 0.6) is 0 Å². The number of hydrogen-bond donors (Lipinski definition) is 3. The zero-order valence-corrected chi connectivity index (χ0v) is 15.8. The smallest absolute Gasteiger partial charge is 0.304 e. The first-order chi connectivity index (χ1) is 12.9. The molecule has 2 rings (SSSR count). The first kappa shape index (κ1) is 20.7. The van der Waals surface area contributed by atoms with Crippen LogP contribution >= 0.6 is 0 Å². The van der Waals surface area contributed by atoms with E-state index in [2.05, 4.69) is 17.2 Å². The molecule has 0 saturated heterocycles. The van der Waals surface area contributed by atoms with Crippen LogP contribution in [0.1, 0.15) is 55.8 Å². The molecule has 0 spiro atoms. The van der Waals surface area contributed by atoms with E-state index in [-0.39, 0.29) is 24.2 Å². The average Bonchev–Trinajstić information content (AvgIpc) is 2.66. The van der Waals surface area contributed by atoms with Crippen LogP contribution in [-0.4, -0.2) is 29.4 Å². The Morgan fingerprint density at radius 3 is 2.37 bits per heavy atom. The third-order valence-electron chi connectivity index (χ3n) is 5.36. The fourth-order valence-electron chi connectivity index (χ4n) is 3.71. The summed E-state index contributed by atoms with van der Waals surface area (Å²) < 4.78 is 0. The van der Waals surface area contributed by atoms with Gasteiger partial charge in [-0.2, -0.15) is 0 Å². The van der Waals surface area contributed by atoms with Crippen molar-refractivity contribution in [1.82, 2.24) is 5.32 Å². The van der Waals surface area contributed by atoms with Gasteiger partial charge in [0, 0.05) is 17.8 Å². The second-order valence-electron chi connectivity index (χ2n) is 7.35. The van der Waals surface area contributed by atoms with E-state index in [1.165, 1.54) is 0 Å². The molecule has 1 aliphatic carbocycles. The molecule has 1 unspecified atom stereocenters. The molecule has 1 aromatic rings. The van der Waals surface area contributed by atoms with Gasteiger partial charge in [0.2, 0.25) is 5.91 Å². The normalized spacial score (nSPS) is 16.8. The summed E-state index contributed by atoms with van der Waals surface area (Å²) in [6.45, 7) is 5.69. The minimum Gasteiger partial charge on any atom is -0.481 e. The minimum atomic E-state index is -0.965. The quantitative estimate of drug-likeness (QED) is 0.608. The third kappa shape index (κ3) is 5.42. The fourth-order valence-corrected chi connectivity index (χ4v) is 3.71. The third-order valence-corrected chi connectivity index (χ3v) is 5.36. The summed E-state index contributed by atoms with van der Waals surface area (Å²) in [6, 6.07) is 6.57. The van der Waals surface area contributed by atoms with Gasteiger partial charge in [-0.1, -0.05) is 25.3 Å². The van der Waals surface area contributed by atoms with Gasteiger partial charge in [0.15, 0.2) is 0 Å². The van der Waals surface area contributed by atoms with Crippen molar-refractivity contribution in [3.05, 3.63) is 42.5 Å². The predicted octanol–water partition coefficient (Wildman–Crippen LogP) is 3.60. The molecule has 1 saturated carbocycles. The van der Waals surface area contributed by atoms with Gasteiger partial charge in [-0.25, -0.2) is 0 Å². The van der Waals surface area contributed by atoms with Gasteiger partial charge in [-0.15, -0.1) is 6.58 Å². The number of benzene rings is 1. The Bertz CT molecular complexity index is 693. The minimum absolute atomic E-state index is 0.0614. The second kappa shape index (κ2) is 9.35. The maximum Gasteiger partial charge on any atom is 0.304 e. The van der Waals surface area contributed by atoms with E-state index < -0.39 is 11.4 Å². The van der Waals surface area contributed by atoms with Gasteiger partial charge in [0.25, 0.3) is 5.91 Å². The molecule has 1 aliphatic rings. The Labute approximate surface area is 160 Å². The lowest BCUT2D eigenvalue weighted by Crippen LogP contribution is -2.42. The van der Waals surface area contributed by atoms with Crippen molar-refractivity contribution in [3.8, 4) is 0 Å². The van der Waals surface area contributed by atoms with Gasteiger partial charge in [0.05, 0.1) is 11.8 Å². The van der Waals surface area contributed by atoms with E-state index in [1.54, 1.807) is 37.3 Å². The van der Waals surface area contributed by atoms with Crippen LogP contribution in [0.4, 0.5) is 5.69 Å². The molecule has 6 heteroatoms. The van der Waals surface area contributed by atoms with Gasteiger partial charge in [-0.3, -0.25) is 14.4 Å². The molecule has 27 heavy (non-hydrogen) atoms. The van der Waals surface area contributed by atoms with Gasteiger partial charge in [-0.05, 0) is 49.9 Å². The Morgan fingerprint density at radius 2 is 1.81 bits per heavy atom. The van der Waals surface area contributed by atoms with E-state index in [0.29, 0.717) is 17.8 Å². The number of amides is 2. The highest BCUT2D eigenvalue weighted by molar-refractivity contribution is 5.98. The van der Waals surface area contributed by atoms with E-state index in [4.69, 9.17) is 0 Å². The molecule has 0 heterocycles. The van der Waals surface area contributed by atoms with Gasteiger partial charge >= 0.3 is 5.97 Å². The van der Waals surface area contributed by atoms with Gasteiger partial charge in [0.1, 0.15) is 0 Å². The van der Waals surface area contributed by atoms with Crippen LogP contribution < -0.4 is 10.6 Å². The lowest BCUT2D eigenvalue weighted by Gasteiger charge is -2.37. The van der Waals surface area contributed by atoms with Crippen molar-refractivity contribution >= 4 is 23.5 Å². The lowest BCUT2D eigenvalue weighted by molar-refractivity contribution is -0.145. The maximum absolute atomic E-state index is 13.0. The maximum atomic E-state index is 13.0. The standard InChI is InChI=1S/C21H28N2O4/c1-3-13-22-19(26)15-9-11-17(12-10-15)23-20(27)21(2,14-18(24)25)16-7-5-4-6-8-16/h3,9-12,16H,1,4-8,13-14H2,2H3,(H,22,26)(H,23,27)(H,24,25). The van der Waals surface area contributed by atoms with Crippen LogP contribution in [0.15, 0.2) is 36.9 Å². The highest BCUT2D eigenvalue weighted by Crippen LogP contribution is 2.42. The second-order valence-corrected chi connectivity index (χ2v) is 7.35. The van der Waals surface area contributed by atoms with Crippen LogP contribution in [0.3, 0.4) is 0 Å². The van der Waals surface area contributed by atoms with Gasteiger partial charge < -0.3 is 15.7 Å². The number of aliphatic carboxylic acids is 1. The Balaban J connectivity index is 2.10. The fraction of sp³-hybridized carbons (Fsp3) is 0.476. The summed E-state index contributed by atoms with van der Waals surface area (Å²) in [5.74, 6) is -1.40. The monoisotopic (exact) mass is 372 g/mol. The number of hydrogen-bond acceptors (Lipinski definition) is 3. The average molecular weight is 372 g/mol. The van der Waals surface area contributed by atoms with Crippen LogP contribution in [0, 0.1) is 11.3 Å². The molecule has 0 radical (unpaired) electrons. The van der Waals surface area contributed by atoms with Crippen molar-refractivity contribution in [3.63, 3.8) is 0 Å². The molecule has 3 N–H and O–H groups in total. The molecule has 1 fully saturated rings. The number of carboxylic acids is 1. The summed E-state index contributed by atoms with van der Waals surface area (Å²) >= 11 is 0. The molecule has 2 amide bonds. The zero-order valence-electron chi connectivity index (χ0n) is 15.8. The number of anilines is 1. The molecule has 0 bridgehead atoms. The van der Waals surface area contributed by atoms with Crippen molar-refractivity contribution in [2.24, 2.45) is 11.3 Å². The molecular weight excluding hydrogens is 344 g/mol. The van der Waals surface area contributed by atoms with E-state index in [1.807, 2.05) is 0 Å². The topological polar surface area (TPSA) is 95.5 Å². The van der Waals surface area contributed by atoms with E-state index >= 15 is 0 Å². The SMILES string of the molecule is C=CCNC(=O)c1ccc(NC(=O)C(C)(CC(=O)O)C2CCCCC2)cc1. The zero-order chi connectivity index (χ0) is 19.9. The van der Waals surface area contributed by atoms with E-state index in [0.717, 1.165) is 32.1 Å². The largest absolute Gasteiger partial charge is 0.481 e. The predicted molar refractivity (Wildman–Crippen MR) is 105 cm³/mol. The summed E-state index contributed by atoms with van der Waals surface area (Å²) in [5.41, 5.74) is 0.0785. The molecule has 0 aliphatic heterocycles. The van der Waals surface area contributed by atoms with Crippen LogP contribution in [0.25, 0.3) is 0 Å². The molecule has 0 aromatic heterocycles. The Morgan fingerprint density at radius 1 is 1.19 bits per heavy atom. The van der Waals surface area contributed by atoms with Crippen molar-refractivity contribution in [2.45, 2.75) is 45.4 Å². The van der Waals surface area contributed by atoms with Crippen LogP contribution in [-0.2, 0) is 9.59 Å². The molecule has 1 aromatic carbocycles. The van der Waals surface area contributed by atoms with Crippen molar-refractivity contribution < 1.29 is 19.5 Å². The summed E-state index contributed by atoms with van der Waals surface area (Å²) in [4.78, 5) is 36.3. The summed E-state index contributed by atoms with van der Waals surface area (Å²) in [6.07, 6.45) is 6.35. The Kier molecular flexibility index (Phi) is 7.16. The molecule has 1 atom stereocenters. The van der Waals surface area contributed by atoms with E-state index in [9.17, 15) is 19.5 Å². The number of carboxylic acid groups (broad SMARTS) is 1. The highest BCUT2D eigenvalue weighted by atomic mass is 16.4. The number of carbonyl (C=O) groups excluding carboxylic acids is 2.